The fourth-order valence-corrected chi connectivity index (χ4v) is 2.77. The number of amides is 2. The maximum Gasteiger partial charge on any atom is 0.319 e. The van der Waals surface area contributed by atoms with Crippen molar-refractivity contribution in [2.75, 3.05) is 25.5 Å². The third-order valence-corrected chi connectivity index (χ3v) is 4.23. The average Bonchev–Trinajstić information content (AvgIpc) is 2.46. The Hall–Kier alpha value is -1.75. The van der Waals surface area contributed by atoms with Crippen LogP contribution in [0.5, 0.6) is 5.75 Å². The molecule has 1 aliphatic rings. The van der Waals surface area contributed by atoms with E-state index < -0.39 is 0 Å². The van der Waals surface area contributed by atoms with Crippen LogP contribution in [0.1, 0.15) is 32.3 Å². The minimum Gasteiger partial charge on any atom is -0.492 e. The summed E-state index contributed by atoms with van der Waals surface area (Å²) in [6, 6.07) is 6.36. The number of anilines is 1. The first-order valence-corrected chi connectivity index (χ1v) is 8.00. The normalized spacial score (nSPS) is 22.2. The number of benzene rings is 1. The van der Waals surface area contributed by atoms with Crippen molar-refractivity contribution in [2.45, 2.75) is 45.7 Å². The van der Waals surface area contributed by atoms with E-state index in [4.69, 9.17) is 4.74 Å². The molecule has 122 valence electrons. The van der Waals surface area contributed by atoms with E-state index in [9.17, 15) is 4.79 Å². The summed E-state index contributed by atoms with van der Waals surface area (Å²) in [6.45, 7) is 7.73. The minimum atomic E-state index is -0.161. The van der Waals surface area contributed by atoms with Gasteiger partial charge in [-0.05, 0) is 58.4 Å². The number of hydrogen-bond acceptors (Lipinski definition) is 3. The number of carbonyl (C=O) groups excluding carboxylic acids is 1. The Morgan fingerprint density at radius 3 is 2.91 bits per heavy atom. The Morgan fingerprint density at radius 1 is 1.45 bits per heavy atom. The van der Waals surface area contributed by atoms with E-state index in [2.05, 4.69) is 29.5 Å². The Bertz CT molecular complexity index is 519. The monoisotopic (exact) mass is 305 g/mol. The molecule has 1 fully saturated rings. The van der Waals surface area contributed by atoms with Crippen molar-refractivity contribution in [3.05, 3.63) is 23.8 Å². The number of rotatable bonds is 4. The van der Waals surface area contributed by atoms with Gasteiger partial charge in [0, 0.05) is 18.6 Å². The van der Waals surface area contributed by atoms with Gasteiger partial charge >= 0.3 is 6.03 Å². The van der Waals surface area contributed by atoms with E-state index in [0.717, 1.165) is 30.7 Å². The number of carbonyl (C=O) groups is 1. The lowest BCUT2D eigenvalue weighted by molar-refractivity contribution is 0.170. The van der Waals surface area contributed by atoms with Crippen molar-refractivity contribution in [3.8, 4) is 5.75 Å². The maximum absolute atomic E-state index is 12.2. The molecule has 1 aromatic carbocycles. The summed E-state index contributed by atoms with van der Waals surface area (Å²) in [5.74, 6) is 0.717. The van der Waals surface area contributed by atoms with Gasteiger partial charge in [0.15, 0.2) is 0 Å². The smallest absolute Gasteiger partial charge is 0.319 e. The third-order valence-electron chi connectivity index (χ3n) is 4.23. The summed E-state index contributed by atoms with van der Waals surface area (Å²) in [5, 5.41) is 5.98. The van der Waals surface area contributed by atoms with Crippen LogP contribution in [0.4, 0.5) is 10.5 Å². The number of ether oxygens (including phenoxy) is 1. The molecule has 0 radical (unpaired) electrons. The highest BCUT2D eigenvalue weighted by atomic mass is 16.5. The molecule has 2 amide bonds. The highest BCUT2D eigenvalue weighted by Gasteiger charge is 2.24. The molecule has 2 N–H and O–H groups in total. The van der Waals surface area contributed by atoms with E-state index in [1.165, 1.54) is 0 Å². The van der Waals surface area contributed by atoms with Gasteiger partial charge in [-0.25, -0.2) is 4.79 Å². The van der Waals surface area contributed by atoms with Gasteiger partial charge in [-0.2, -0.15) is 0 Å². The summed E-state index contributed by atoms with van der Waals surface area (Å²) in [4.78, 5) is 14.5. The molecule has 0 bridgehead atoms. The lowest BCUT2D eigenvalue weighted by Crippen LogP contribution is -2.48. The highest BCUT2D eigenvalue weighted by Crippen LogP contribution is 2.26. The fraction of sp³-hybridized carbons (Fsp3) is 0.588. The van der Waals surface area contributed by atoms with Crippen LogP contribution >= 0.6 is 0 Å². The molecular formula is C17H27N3O2. The van der Waals surface area contributed by atoms with E-state index in [-0.39, 0.29) is 12.1 Å². The molecule has 1 aromatic rings. The molecule has 0 spiro atoms. The zero-order valence-corrected chi connectivity index (χ0v) is 14.0. The van der Waals surface area contributed by atoms with Gasteiger partial charge in [0.1, 0.15) is 5.75 Å². The number of nitrogens with zero attached hydrogens (tertiary/aromatic N) is 1. The second kappa shape index (κ2) is 7.49. The lowest BCUT2D eigenvalue weighted by Gasteiger charge is -2.35. The molecule has 2 atom stereocenters. The number of urea groups is 1. The summed E-state index contributed by atoms with van der Waals surface area (Å²) in [5.41, 5.74) is 1.82. The van der Waals surface area contributed by atoms with Crippen LogP contribution in [-0.4, -0.2) is 43.2 Å². The highest BCUT2D eigenvalue weighted by molar-refractivity contribution is 5.91. The standard InChI is InChI=1S/C17H27N3O2/c1-5-22-16-10-12(2)6-7-15(16)19-17(21)18-14-8-9-20(4)13(3)11-14/h6-7,10,13-14H,5,8-9,11H2,1-4H3,(H2,18,19,21). The number of aryl methyl sites for hydroxylation is 1. The van der Waals surface area contributed by atoms with E-state index in [0.29, 0.717) is 18.3 Å². The van der Waals surface area contributed by atoms with Crippen LogP contribution in [0, 0.1) is 6.92 Å². The predicted molar refractivity (Wildman–Crippen MR) is 89.6 cm³/mol. The van der Waals surface area contributed by atoms with Crippen LogP contribution in [0.15, 0.2) is 18.2 Å². The number of likely N-dealkylation sites (tertiary alicyclic amines) is 1. The Balaban J connectivity index is 1.94. The van der Waals surface area contributed by atoms with Crippen LogP contribution in [0.3, 0.4) is 0 Å². The first-order valence-electron chi connectivity index (χ1n) is 8.00. The Kier molecular flexibility index (Phi) is 5.66. The summed E-state index contributed by atoms with van der Waals surface area (Å²) >= 11 is 0. The van der Waals surface area contributed by atoms with Gasteiger partial charge in [0.05, 0.1) is 12.3 Å². The zero-order valence-electron chi connectivity index (χ0n) is 14.0. The summed E-state index contributed by atoms with van der Waals surface area (Å²) in [6.07, 6.45) is 1.97. The second-order valence-corrected chi connectivity index (χ2v) is 6.08. The molecule has 0 aliphatic carbocycles. The van der Waals surface area contributed by atoms with Crippen molar-refractivity contribution in [1.82, 2.24) is 10.2 Å². The van der Waals surface area contributed by atoms with Gasteiger partial charge in [0.25, 0.3) is 0 Å². The van der Waals surface area contributed by atoms with Crippen LogP contribution in [0.2, 0.25) is 0 Å². The van der Waals surface area contributed by atoms with Crippen molar-refractivity contribution >= 4 is 11.7 Å². The minimum absolute atomic E-state index is 0.161. The van der Waals surface area contributed by atoms with Gasteiger partial charge in [-0.3, -0.25) is 0 Å². The third kappa shape index (κ3) is 4.37. The number of piperidine rings is 1. The molecule has 22 heavy (non-hydrogen) atoms. The van der Waals surface area contributed by atoms with Crippen molar-refractivity contribution < 1.29 is 9.53 Å². The van der Waals surface area contributed by atoms with Gasteiger partial charge in [-0.15, -0.1) is 0 Å². The van der Waals surface area contributed by atoms with Crippen molar-refractivity contribution in [1.29, 1.82) is 0 Å². The van der Waals surface area contributed by atoms with E-state index >= 15 is 0 Å². The van der Waals surface area contributed by atoms with Crippen molar-refractivity contribution in [2.24, 2.45) is 0 Å². The first kappa shape index (κ1) is 16.6. The van der Waals surface area contributed by atoms with Crippen LogP contribution < -0.4 is 15.4 Å². The molecule has 5 heteroatoms. The second-order valence-electron chi connectivity index (χ2n) is 6.08. The molecule has 1 heterocycles. The lowest BCUT2D eigenvalue weighted by atomic mass is 9.99. The van der Waals surface area contributed by atoms with Crippen LogP contribution in [0.25, 0.3) is 0 Å². The molecular weight excluding hydrogens is 278 g/mol. The number of hydrogen-bond donors (Lipinski definition) is 2. The summed E-state index contributed by atoms with van der Waals surface area (Å²) in [7, 11) is 2.13. The predicted octanol–water partition coefficient (Wildman–Crippen LogP) is 3.00. The van der Waals surface area contributed by atoms with Gasteiger partial charge in [0.2, 0.25) is 0 Å². The Labute approximate surface area is 133 Å². The molecule has 2 rings (SSSR count). The zero-order chi connectivity index (χ0) is 16.1. The maximum atomic E-state index is 12.2. The van der Waals surface area contributed by atoms with Gasteiger partial charge in [-0.1, -0.05) is 6.07 Å². The molecule has 1 saturated heterocycles. The van der Waals surface area contributed by atoms with Crippen molar-refractivity contribution in [3.63, 3.8) is 0 Å². The Morgan fingerprint density at radius 2 is 2.23 bits per heavy atom. The average molecular weight is 305 g/mol. The molecule has 0 aromatic heterocycles. The molecule has 1 aliphatic heterocycles. The molecule has 5 nitrogen and oxygen atoms in total. The fourth-order valence-electron chi connectivity index (χ4n) is 2.77. The molecule has 0 saturated carbocycles. The van der Waals surface area contributed by atoms with Crippen LogP contribution in [-0.2, 0) is 0 Å². The van der Waals surface area contributed by atoms with E-state index in [1.54, 1.807) is 0 Å². The first-order chi connectivity index (χ1) is 10.5. The topological polar surface area (TPSA) is 53.6 Å². The SMILES string of the molecule is CCOc1cc(C)ccc1NC(=O)NC1CCN(C)C(C)C1. The molecule has 2 unspecified atom stereocenters. The van der Waals surface area contributed by atoms with Gasteiger partial charge < -0.3 is 20.3 Å². The summed E-state index contributed by atoms with van der Waals surface area (Å²) < 4.78 is 5.59. The van der Waals surface area contributed by atoms with E-state index in [1.807, 2.05) is 32.0 Å². The number of nitrogens with one attached hydrogen (secondary N) is 2. The largest absolute Gasteiger partial charge is 0.492 e. The quantitative estimate of drug-likeness (QED) is 0.899.